The number of halogens is 1. The molecule has 0 amide bonds. The van der Waals surface area contributed by atoms with Crippen LogP contribution in [0.3, 0.4) is 0 Å². The second-order valence-electron chi connectivity index (χ2n) is 3.86. The SMILES string of the molecule is COc1cc(Cl)cc(C(C)=O)c1OC1CC1. The lowest BCUT2D eigenvalue weighted by Gasteiger charge is -2.13. The Kier molecular flexibility index (Phi) is 3.06. The lowest BCUT2D eigenvalue weighted by Crippen LogP contribution is -2.05. The summed E-state index contributed by atoms with van der Waals surface area (Å²) in [5.74, 6) is 0.961. The topological polar surface area (TPSA) is 35.5 Å². The Bertz CT molecular complexity index is 425. The minimum absolute atomic E-state index is 0.0727. The molecule has 0 atom stereocenters. The molecule has 0 aromatic heterocycles. The van der Waals surface area contributed by atoms with Gasteiger partial charge >= 0.3 is 0 Å². The number of ether oxygens (including phenoxy) is 2. The van der Waals surface area contributed by atoms with Gasteiger partial charge in [-0.3, -0.25) is 4.79 Å². The molecule has 0 radical (unpaired) electrons. The van der Waals surface area contributed by atoms with E-state index in [9.17, 15) is 4.79 Å². The quantitative estimate of drug-likeness (QED) is 0.759. The summed E-state index contributed by atoms with van der Waals surface area (Å²) in [6, 6.07) is 3.27. The van der Waals surface area contributed by atoms with Crippen molar-refractivity contribution in [3.8, 4) is 11.5 Å². The number of rotatable bonds is 4. The lowest BCUT2D eigenvalue weighted by atomic mass is 10.1. The number of methoxy groups -OCH3 is 1. The molecule has 4 heteroatoms. The summed E-state index contributed by atoms with van der Waals surface area (Å²) in [6.45, 7) is 1.49. The number of carbonyl (C=O) groups excluding carboxylic acids is 1. The monoisotopic (exact) mass is 240 g/mol. The zero-order valence-corrected chi connectivity index (χ0v) is 10.0. The first-order valence-electron chi connectivity index (χ1n) is 5.17. The molecule has 0 aliphatic heterocycles. The number of benzene rings is 1. The van der Waals surface area contributed by atoms with Crippen molar-refractivity contribution in [3.63, 3.8) is 0 Å². The third-order valence-electron chi connectivity index (χ3n) is 2.43. The Morgan fingerprint density at radius 1 is 1.44 bits per heavy atom. The van der Waals surface area contributed by atoms with Crippen molar-refractivity contribution in [3.05, 3.63) is 22.7 Å². The molecule has 0 bridgehead atoms. The van der Waals surface area contributed by atoms with Crippen molar-refractivity contribution in [1.82, 2.24) is 0 Å². The number of ketones is 1. The van der Waals surface area contributed by atoms with Crippen molar-refractivity contribution in [2.45, 2.75) is 25.9 Å². The maximum atomic E-state index is 11.5. The van der Waals surface area contributed by atoms with Gasteiger partial charge in [-0.25, -0.2) is 0 Å². The van der Waals surface area contributed by atoms with Crippen LogP contribution in [0.25, 0.3) is 0 Å². The largest absolute Gasteiger partial charge is 0.493 e. The molecule has 86 valence electrons. The van der Waals surface area contributed by atoms with Gasteiger partial charge in [0.05, 0.1) is 18.8 Å². The first kappa shape index (κ1) is 11.3. The van der Waals surface area contributed by atoms with E-state index in [1.54, 1.807) is 12.1 Å². The molecule has 3 nitrogen and oxygen atoms in total. The summed E-state index contributed by atoms with van der Waals surface area (Å²) < 4.78 is 10.9. The van der Waals surface area contributed by atoms with Crippen molar-refractivity contribution in [2.75, 3.05) is 7.11 Å². The molecule has 0 saturated heterocycles. The van der Waals surface area contributed by atoms with Crippen molar-refractivity contribution >= 4 is 17.4 Å². The van der Waals surface area contributed by atoms with Crippen LogP contribution in [0, 0.1) is 0 Å². The Hall–Kier alpha value is -1.22. The van der Waals surface area contributed by atoms with Gasteiger partial charge in [-0.1, -0.05) is 11.6 Å². The maximum Gasteiger partial charge on any atom is 0.172 e. The molecule has 1 aliphatic carbocycles. The Morgan fingerprint density at radius 3 is 2.62 bits per heavy atom. The predicted octanol–water partition coefficient (Wildman–Crippen LogP) is 3.09. The van der Waals surface area contributed by atoms with Gasteiger partial charge in [-0.2, -0.15) is 0 Å². The zero-order chi connectivity index (χ0) is 11.7. The van der Waals surface area contributed by atoms with Gasteiger partial charge in [0.25, 0.3) is 0 Å². The molecule has 2 rings (SSSR count). The van der Waals surface area contributed by atoms with E-state index in [4.69, 9.17) is 21.1 Å². The van der Waals surface area contributed by atoms with Crippen LogP contribution < -0.4 is 9.47 Å². The fourth-order valence-electron chi connectivity index (χ4n) is 1.46. The van der Waals surface area contributed by atoms with Crippen molar-refractivity contribution < 1.29 is 14.3 Å². The average molecular weight is 241 g/mol. The van der Waals surface area contributed by atoms with Gasteiger partial charge in [-0.15, -0.1) is 0 Å². The lowest BCUT2D eigenvalue weighted by molar-refractivity contribution is 0.101. The van der Waals surface area contributed by atoms with Gasteiger partial charge in [0.2, 0.25) is 0 Å². The zero-order valence-electron chi connectivity index (χ0n) is 9.25. The standard InChI is InChI=1S/C12H13ClO3/c1-7(14)10-5-8(13)6-11(15-2)12(10)16-9-3-4-9/h5-6,9H,3-4H2,1-2H3. The fraction of sp³-hybridized carbons (Fsp3) is 0.417. The van der Waals surface area contributed by atoms with E-state index in [1.807, 2.05) is 0 Å². The highest BCUT2D eigenvalue weighted by Crippen LogP contribution is 2.38. The predicted molar refractivity (Wildman–Crippen MR) is 61.7 cm³/mol. The molecule has 16 heavy (non-hydrogen) atoms. The molecule has 1 aromatic rings. The fourth-order valence-corrected chi connectivity index (χ4v) is 1.66. The molecule has 1 aliphatic rings. The molecular formula is C12H13ClO3. The summed E-state index contributed by atoms with van der Waals surface area (Å²) in [4.78, 5) is 11.5. The van der Waals surface area contributed by atoms with E-state index in [0.29, 0.717) is 22.1 Å². The third kappa shape index (κ3) is 2.30. The van der Waals surface area contributed by atoms with Gasteiger partial charge < -0.3 is 9.47 Å². The van der Waals surface area contributed by atoms with E-state index < -0.39 is 0 Å². The highest BCUT2D eigenvalue weighted by atomic mass is 35.5. The van der Waals surface area contributed by atoms with Crippen molar-refractivity contribution in [2.24, 2.45) is 0 Å². The molecule has 0 heterocycles. The molecule has 1 fully saturated rings. The minimum Gasteiger partial charge on any atom is -0.493 e. The highest BCUT2D eigenvalue weighted by Gasteiger charge is 2.27. The van der Waals surface area contributed by atoms with Crippen LogP contribution >= 0.6 is 11.6 Å². The van der Waals surface area contributed by atoms with Crippen LogP contribution in [0.4, 0.5) is 0 Å². The van der Waals surface area contributed by atoms with E-state index in [2.05, 4.69) is 0 Å². The smallest absolute Gasteiger partial charge is 0.172 e. The van der Waals surface area contributed by atoms with Crippen LogP contribution in [-0.2, 0) is 0 Å². The van der Waals surface area contributed by atoms with E-state index >= 15 is 0 Å². The van der Waals surface area contributed by atoms with Gasteiger partial charge in [0, 0.05) is 11.1 Å². The number of hydrogen-bond donors (Lipinski definition) is 0. The first-order chi connectivity index (χ1) is 7.61. The van der Waals surface area contributed by atoms with E-state index in [1.165, 1.54) is 14.0 Å². The summed E-state index contributed by atoms with van der Waals surface area (Å²) in [5, 5.41) is 0.477. The van der Waals surface area contributed by atoms with Gasteiger partial charge in [-0.05, 0) is 25.8 Å². The first-order valence-corrected chi connectivity index (χ1v) is 5.54. The molecule has 0 N–H and O–H groups in total. The highest BCUT2D eigenvalue weighted by molar-refractivity contribution is 6.31. The summed E-state index contributed by atoms with van der Waals surface area (Å²) in [6.07, 6.45) is 2.28. The molecule has 1 saturated carbocycles. The second kappa shape index (κ2) is 4.34. The third-order valence-corrected chi connectivity index (χ3v) is 2.65. The van der Waals surface area contributed by atoms with Crippen LogP contribution in [-0.4, -0.2) is 19.0 Å². The Morgan fingerprint density at radius 2 is 2.12 bits per heavy atom. The van der Waals surface area contributed by atoms with E-state index in [0.717, 1.165) is 12.8 Å². The van der Waals surface area contributed by atoms with Crippen LogP contribution in [0.5, 0.6) is 11.5 Å². The van der Waals surface area contributed by atoms with Gasteiger partial charge in [0.1, 0.15) is 0 Å². The molecular weight excluding hydrogens is 228 g/mol. The van der Waals surface area contributed by atoms with Crippen LogP contribution in [0.2, 0.25) is 5.02 Å². The van der Waals surface area contributed by atoms with Crippen molar-refractivity contribution in [1.29, 1.82) is 0 Å². The Balaban J connectivity index is 2.45. The number of Topliss-reactive ketones (excluding diaryl/α,β-unsaturated/α-hetero) is 1. The molecule has 0 unspecified atom stereocenters. The summed E-state index contributed by atoms with van der Waals surface area (Å²) in [5.41, 5.74) is 0.483. The minimum atomic E-state index is -0.0727. The van der Waals surface area contributed by atoms with Gasteiger partial charge in [0.15, 0.2) is 17.3 Å². The summed E-state index contributed by atoms with van der Waals surface area (Å²) >= 11 is 5.91. The number of hydrogen-bond acceptors (Lipinski definition) is 3. The number of carbonyl (C=O) groups is 1. The molecule has 1 aromatic carbocycles. The normalized spacial score (nSPS) is 14.7. The van der Waals surface area contributed by atoms with E-state index in [-0.39, 0.29) is 11.9 Å². The molecule has 0 spiro atoms. The average Bonchev–Trinajstić information content (AvgIpc) is 3.03. The van der Waals surface area contributed by atoms with Crippen LogP contribution in [0.15, 0.2) is 12.1 Å². The summed E-state index contributed by atoms with van der Waals surface area (Å²) in [7, 11) is 1.54. The maximum absolute atomic E-state index is 11.5. The Labute approximate surface area is 99.3 Å². The second-order valence-corrected chi connectivity index (χ2v) is 4.29. The van der Waals surface area contributed by atoms with Crippen LogP contribution in [0.1, 0.15) is 30.1 Å².